The van der Waals surface area contributed by atoms with Crippen molar-refractivity contribution in [3.63, 3.8) is 0 Å². The Morgan fingerprint density at radius 3 is 2.14 bits per heavy atom. The van der Waals surface area contributed by atoms with Gasteiger partial charge < -0.3 is 20.1 Å². The molecular weight excluding hydrogens is 370 g/mol. The Kier molecular flexibility index (Phi) is 6.09. The van der Waals surface area contributed by atoms with E-state index in [0.29, 0.717) is 28.4 Å². The molecule has 0 atom stereocenters. The summed E-state index contributed by atoms with van der Waals surface area (Å²) in [7, 11) is 3.06. The summed E-state index contributed by atoms with van der Waals surface area (Å²) in [5, 5.41) is 5.54. The number of aryl methyl sites for hydroxylation is 1. The highest BCUT2D eigenvalue weighted by Gasteiger charge is 2.13. The largest absolute Gasteiger partial charge is 0.493 e. The standard InChI is InChI=1S/C22H21N3O4/c1-14-4-6-16(7-5-14)24-22(27)18-12-15(10-11-23-18)21(26)25-17-8-9-19(28-2)20(13-17)29-3/h4-13H,1-3H3,(H,24,27)(H,25,26). The molecule has 2 amide bonds. The van der Waals surface area contributed by atoms with Crippen LogP contribution in [0, 0.1) is 6.92 Å². The lowest BCUT2D eigenvalue weighted by atomic mass is 10.2. The number of rotatable bonds is 6. The van der Waals surface area contributed by atoms with Crippen LogP contribution in [0.4, 0.5) is 11.4 Å². The molecule has 0 bridgehead atoms. The molecule has 3 rings (SSSR count). The van der Waals surface area contributed by atoms with Gasteiger partial charge in [-0.2, -0.15) is 0 Å². The van der Waals surface area contributed by atoms with Crippen molar-refractivity contribution in [2.45, 2.75) is 6.92 Å². The molecule has 0 aliphatic rings. The van der Waals surface area contributed by atoms with E-state index in [0.717, 1.165) is 5.56 Å². The van der Waals surface area contributed by atoms with Crippen LogP contribution in [0.2, 0.25) is 0 Å². The Labute approximate surface area is 168 Å². The van der Waals surface area contributed by atoms with Gasteiger partial charge in [-0.1, -0.05) is 17.7 Å². The van der Waals surface area contributed by atoms with Gasteiger partial charge in [-0.05, 0) is 43.3 Å². The summed E-state index contributed by atoms with van der Waals surface area (Å²) in [6.45, 7) is 1.97. The highest BCUT2D eigenvalue weighted by molar-refractivity contribution is 6.07. The first-order chi connectivity index (χ1) is 14.0. The lowest BCUT2D eigenvalue weighted by Gasteiger charge is -2.11. The average molecular weight is 391 g/mol. The summed E-state index contributed by atoms with van der Waals surface area (Å²) in [4.78, 5) is 29.1. The summed E-state index contributed by atoms with van der Waals surface area (Å²) in [5.41, 5.74) is 2.74. The van der Waals surface area contributed by atoms with Gasteiger partial charge in [0.2, 0.25) is 0 Å². The molecule has 0 saturated carbocycles. The number of hydrogen-bond acceptors (Lipinski definition) is 5. The molecule has 0 aliphatic carbocycles. The number of ether oxygens (including phenoxy) is 2. The van der Waals surface area contributed by atoms with Crippen molar-refractivity contribution in [2.24, 2.45) is 0 Å². The van der Waals surface area contributed by atoms with Crippen LogP contribution in [0.25, 0.3) is 0 Å². The van der Waals surface area contributed by atoms with Crippen LogP contribution in [-0.2, 0) is 0 Å². The molecule has 0 radical (unpaired) electrons. The number of nitrogens with one attached hydrogen (secondary N) is 2. The highest BCUT2D eigenvalue weighted by Crippen LogP contribution is 2.29. The third-order valence-corrected chi connectivity index (χ3v) is 4.21. The van der Waals surface area contributed by atoms with Gasteiger partial charge in [-0.25, -0.2) is 0 Å². The van der Waals surface area contributed by atoms with Crippen LogP contribution < -0.4 is 20.1 Å². The van der Waals surface area contributed by atoms with E-state index in [1.165, 1.54) is 26.5 Å². The second-order valence-electron chi connectivity index (χ2n) is 6.27. The number of aromatic nitrogens is 1. The van der Waals surface area contributed by atoms with Gasteiger partial charge in [0.15, 0.2) is 11.5 Å². The maximum atomic E-state index is 12.6. The number of anilines is 2. The van der Waals surface area contributed by atoms with Crippen LogP contribution in [0.3, 0.4) is 0 Å². The average Bonchev–Trinajstić information content (AvgIpc) is 2.75. The first-order valence-corrected chi connectivity index (χ1v) is 8.87. The summed E-state index contributed by atoms with van der Waals surface area (Å²) in [5.74, 6) is 0.293. The fourth-order valence-corrected chi connectivity index (χ4v) is 2.65. The van der Waals surface area contributed by atoms with E-state index in [-0.39, 0.29) is 11.6 Å². The quantitative estimate of drug-likeness (QED) is 0.665. The summed E-state index contributed by atoms with van der Waals surface area (Å²) >= 11 is 0. The minimum absolute atomic E-state index is 0.144. The zero-order chi connectivity index (χ0) is 20.8. The van der Waals surface area contributed by atoms with Gasteiger partial charge in [0.25, 0.3) is 11.8 Å². The van der Waals surface area contributed by atoms with E-state index < -0.39 is 5.91 Å². The summed E-state index contributed by atoms with van der Waals surface area (Å²) < 4.78 is 10.4. The van der Waals surface area contributed by atoms with Crippen molar-refractivity contribution in [3.8, 4) is 11.5 Å². The van der Waals surface area contributed by atoms with Crippen LogP contribution in [0.15, 0.2) is 60.8 Å². The van der Waals surface area contributed by atoms with Crippen molar-refractivity contribution in [3.05, 3.63) is 77.6 Å². The van der Waals surface area contributed by atoms with E-state index in [4.69, 9.17) is 9.47 Å². The molecular formula is C22H21N3O4. The first kappa shape index (κ1) is 19.9. The number of pyridine rings is 1. The summed E-state index contributed by atoms with van der Waals surface area (Å²) in [6, 6.07) is 15.4. The van der Waals surface area contributed by atoms with Crippen molar-refractivity contribution >= 4 is 23.2 Å². The monoisotopic (exact) mass is 391 g/mol. The molecule has 3 aromatic rings. The minimum atomic E-state index is -0.394. The van der Waals surface area contributed by atoms with Crippen LogP contribution in [0.5, 0.6) is 11.5 Å². The molecule has 7 nitrogen and oxygen atoms in total. The Morgan fingerprint density at radius 1 is 0.793 bits per heavy atom. The Bertz CT molecular complexity index is 1030. The van der Waals surface area contributed by atoms with Crippen molar-refractivity contribution < 1.29 is 19.1 Å². The predicted molar refractivity (Wildman–Crippen MR) is 111 cm³/mol. The van der Waals surface area contributed by atoms with Gasteiger partial charge in [0, 0.05) is 29.2 Å². The maximum absolute atomic E-state index is 12.6. The predicted octanol–water partition coefficient (Wildman–Crippen LogP) is 3.91. The Hall–Kier alpha value is -3.87. The van der Waals surface area contributed by atoms with E-state index in [9.17, 15) is 9.59 Å². The van der Waals surface area contributed by atoms with E-state index in [1.807, 2.05) is 19.1 Å². The smallest absolute Gasteiger partial charge is 0.274 e. The fourth-order valence-electron chi connectivity index (χ4n) is 2.65. The number of carbonyl (C=O) groups excluding carboxylic acids is 2. The molecule has 0 saturated heterocycles. The van der Waals surface area contributed by atoms with Crippen LogP contribution >= 0.6 is 0 Å². The van der Waals surface area contributed by atoms with Crippen LogP contribution in [0.1, 0.15) is 26.4 Å². The molecule has 2 N–H and O–H groups in total. The van der Waals surface area contributed by atoms with Gasteiger partial charge in [0.05, 0.1) is 14.2 Å². The molecule has 0 unspecified atom stereocenters. The Balaban J connectivity index is 1.73. The SMILES string of the molecule is COc1ccc(NC(=O)c2ccnc(C(=O)Nc3ccc(C)cc3)c2)cc1OC. The van der Waals surface area contributed by atoms with Crippen molar-refractivity contribution in [1.82, 2.24) is 4.98 Å². The lowest BCUT2D eigenvalue weighted by Crippen LogP contribution is -2.17. The van der Waals surface area contributed by atoms with Gasteiger partial charge in [-0.15, -0.1) is 0 Å². The van der Waals surface area contributed by atoms with E-state index in [2.05, 4.69) is 15.6 Å². The number of carbonyl (C=O) groups is 2. The van der Waals surface area contributed by atoms with Crippen LogP contribution in [-0.4, -0.2) is 31.0 Å². The normalized spacial score (nSPS) is 10.2. The number of methoxy groups -OCH3 is 2. The van der Waals surface area contributed by atoms with E-state index >= 15 is 0 Å². The number of amides is 2. The number of hydrogen-bond donors (Lipinski definition) is 2. The van der Waals surface area contributed by atoms with E-state index in [1.54, 1.807) is 36.4 Å². The lowest BCUT2D eigenvalue weighted by molar-refractivity contribution is 0.102. The van der Waals surface area contributed by atoms with Crippen molar-refractivity contribution in [2.75, 3.05) is 24.9 Å². The second-order valence-corrected chi connectivity index (χ2v) is 6.27. The zero-order valence-electron chi connectivity index (χ0n) is 16.4. The van der Waals surface area contributed by atoms with Gasteiger partial charge in [-0.3, -0.25) is 14.6 Å². The highest BCUT2D eigenvalue weighted by atomic mass is 16.5. The molecule has 29 heavy (non-hydrogen) atoms. The molecule has 2 aromatic carbocycles. The molecule has 1 heterocycles. The number of nitrogens with zero attached hydrogens (tertiary/aromatic N) is 1. The van der Waals surface area contributed by atoms with Crippen molar-refractivity contribution in [1.29, 1.82) is 0 Å². The third kappa shape index (κ3) is 4.90. The molecule has 0 spiro atoms. The summed E-state index contributed by atoms with van der Waals surface area (Å²) in [6.07, 6.45) is 1.42. The molecule has 0 fully saturated rings. The minimum Gasteiger partial charge on any atom is -0.493 e. The molecule has 7 heteroatoms. The molecule has 148 valence electrons. The molecule has 0 aliphatic heterocycles. The zero-order valence-corrected chi connectivity index (χ0v) is 16.4. The topological polar surface area (TPSA) is 89.5 Å². The maximum Gasteiger partial charge on any atom is 0.274 e. The number of benzene rings is 2. The third-order valence-electron chi connectivity index (χ3n) is 4.21. The molecule has 1 aromatic heterocycles. The first-order valence-electron chi connectivity index (χ1n) is 8.87. The Morgan fingerprint density at radius 2 is 1.45 bits per heavy atom. The van der Waals surface area contributed by atoms with Gasteiger partial charge in [0.1, 0.15) is 5.69 Å². The fraction of sp³-hybridized carbons (Fsp3) is 0.136. The van der Waals surface area contributed by atoms with Gasteiger partial charge >= 0.3 is 0 Å². The second kappa shape index (κ2) is 8.88.